The van der Waals surface area contributed by atoms with Crippen LogP contribution >= 0.6 is 0 Å². The maximum absolute atomic E-state index is 11.6. The molecule has 0 heterocycles. The Kier molecular flexibility index (Phi) is 3.89. The van der Waals surface area contributed by atoms with Gasteiger partial charge in [-0.15, -0.1) is 0 Å². The second-order valence-corrected chi connectivity index (χ2v) is 5.96. The average molecular weight is 328 g/mol. The number of carboxylic acids is 2. The molecule has 0 spiro atoms. The summed E-state index contributed by atoms with van der Waals surface area (Å²) in [6.07, 6.45) is 0. The number of hydrogen-bond acceptors (Lipinski definition) is 4. The minimum absolute atomic E-state index is 0.0564. The number of aliphatic carboxylic acids is 2. The molecule has 6 heteroatoms. The molecular weight excluding hydrogens is 312 g/mol. The molecule has 0 unspecified atom stereocenters. The lowest BCUT2D eigenvalue weighted by atomic mass is 9.52. The molecule has 1 fully saturated rings. The van der Waals surface area contributed by atoms with Crippen molar-refractivity contribution in [3.05, 3.63) is 59.7 Å². The van der Waals surface area contributed by atoms with Gasteiger partial charge in [-0.25, -0.2) is 0 Å². The molecule has 1 saturated carbocycles. The van der Waals surface area contributed by atoms with Gasteiger partial charge >= 0.3 is 11.9 Å². The van der Waals surface area contributed by atoms with Crippen LogP contribution in [0.3, 0.4) is 0 Å². The van der Waals surface area contributed by atoms with E-state index in [2.05, 4.69) is 0 Å². The summed E-state index contributed by atoms with van der Waals surface area (Å²) >= 11 is 0. The van der Waals surface area contributed by atoms with Gasteiger partial charge in [0.2, 0.25) is 0 Å². The van der Waals surface area contributed by atoms with Gasteiger partial charge in [0, 0.05) is 11.8 Å². The molecule has 0 amide bonds. The molecule has 124 valence electrons. The molecule has 4 N–H and O–H groups in total. The number of carbonyl (C=O) groups is 2. The Morgan fingerprint density at radius 2 is 0.917 bits per heavy atom. The topological polar surface area (TPSA) is 115 Å². The second-order valence-electron chi connectivity index (χ2n) is 5.96. The molecule has 4 atom stereocenters. The van der Waals surface area contributed by atoms with E-state index in [1.807, 2.05) is 0 Å². The number of phenols is 2. The molecule has 0 bridgehead atoms. The van der Waals surface area contributed by atoms with E-state index in [1.54, 1.807) is 24.3 Å². The number of phenolic OH excluding ortho intramolecular Hbond substituents is 2. The van der Waals surface area contributed by atoms with Crippen molar-refractivity contribution in [2.75, 3.05) is 0 Å². The van der Waals surface area contributed by atoms with E-state index in [4.69, 9.17) is 0 Å². The fraction of sp³-hybridized carbons (Fsp3) is 0.222. The zero-order valence-electron chi connectivity index (χ0n) is 12.5. The van der Waals surface area contributed by atoms with Gasteiger partial charge in [0.25, 0.3) is 0 Å². The highest BCUT2D eigenvalue weighted by atomic mass is 16.4. The highest BCUT2D eigenvalue weighted by molar-refractivity contribution is 5.85. The van der Waals surface area contributed by atoms with Gasteiger partial charge in [0.1, 0.15) is 11.5 Å². The van der Waals surface area contributed by atoms with E-state index in [1.165, 1.54) is 24.3 Å². The first-order valence-electron chi connectivity index (χ1n) is 7.43. The van der Waals surface area contributed by atoms with Crippen LogP contribution in [0.5, 0.6) is 11.5 Å². The molecule has 1 aliphatic carbocycles. The van der Waals surface area contributed by atoms with Gasteiger partial charge in [-0.2, -0.15) is 0 Å². The quantitative estimate of drug-likeness (QED) is 0.685. The summed E-state index contributed by atoms with van der Waals surface area (Å²) in [5.74, 6) is -5.34. The van der Waals surface area contributed by atoms with Crippen molar-refractivity contribution in [3.8, 4) is 11.5 Å². The van der Waals surface area contributed by atoms with Crippen molar-refractivity contribution in [1.29, 1.82) is 0 Å². The van der Waals surface area contributed by atoms with E-state index in [9.17, 15) is 30.0 Å². The van der Waals surface area contributed by atoms with Crippen LogP contribution in [0.25, 0.3) is 0 Å². The van der Waals surface area contributed by atoms with Crippen LogP contribution in [0.4, 0.5) is 0 Å². The van der Waals surface area contributed by atoms with Crippen molar-refractivity contribution in [2.45, 2.75) is 11.8 Å². The van der Waals surface area contributed by atoms with Gasteiger partial charge in [-0.05, 0) is 35.4 Å². The highest BCUT2D eigenvalue weighted by Gasteiger charge is 2.58. The monoisotopic (exact) mass is 328 g/mol. The first-order chi connectivity index (χ1) is 11.4. The van der Waals surface area contributed by atoms with E-state index in [-0.39, 0.29) is 11.5 Å². The largest absolute Gasteiger partial charge is 0.508 e. The van der Waals surface area contributed by atoms with Crippen molar-refractivity contribution in [3.63, 3.8) is 0 Å². The summed E-state index contributed by atoms with van der Waals surface area (Å²) in [6, 6.07) is 12.3. The molecule has 24 heavy (non-hydrogen) atoms. The number of carboxylic acid groups (broad SMARTS) is 2. The number of aromatic hydroxyl groups is 2. The van der Waals surface area contributed by atoms with E-state index in [0.717, 1.165) is 0 Å². The van der Waals surface area contributed by atoms with Crippen LogP contribution in [0, 0.1) is 11.8 Å². The Balaban J connectivity index is 2.06. The zero-order chi connectivity index (χ0) is 17.4. The molecule has 6 nitrogen and oxygen atoms in total. The minimum atomic E-state index is -1.16. The standard InChI is InChI=1S/C18H16O6/c19-11-5-1-9(2-6-11)13-14(10-3-7-12(20)8-4-10)16(18(23)24)15(13)17(21)22/h1-8,13-16,19-20H,(H,21,22)(H,23,24)/t13-,14+,15-,16-/m0/s1. The smallest absolute Gasteiger partial charge is 0.308 e. The SMILES string of the molecule is O=C(O)[C@@H]1[C@@H](C(=O)O)[C@H](c2ccc(O)cc2)[C@@H]1c1ccc(O)cc1. The molecule has 3 rings (SSSR count). The van der Waals surface area contributed by atoms with Crippen LogP contribution in [0.1, 0.15) is 23.0 Å². The second kappa shape index (κ2) is 5.88. The molecule has 1 aliphatic rings. The van der Waals surface area contributed by atoms with Gasteiger partial charge < -0.3 is 20.4 Å². The lowest BCUT2D eigenvalue weighted by Gasteiger charge is -2.48. The molecule has 2 aromatic rings. The summed E-state index contributed by atoms with van der Waals surface area (Å²) in [5.41, 5.74) is 1.33. The highest BCUT2D eigenvalue weighted by Crippen LogP contribution is 2.58. The Morgan fingerprint density at radius 1 is 0.625 bits per heavy atom. The molecule has 0 radical (unpaired) electrons. The summed E-state index contributed by atoms with van der Waals surface area (Å²) < 4.78 is 0. The third-order valence-electron chi connectivity index (χ3n) is 4.67. The average Bonchev–Trinajstić information content (AvgIpc) is 2.49. The predicted octanol–water partition coefficient (Wildman–Crippen LogP) is 2.38. The third kappa shape index (κ3) is 2.56. The lowest BCUT2D eigenvalue weighted by molar-refractivity contribution is -0.164. The Morgan fingerprint density at radius 3 is 1.17 bits per heavy atom. The van der Waals surface area contributed by atoms with E-state index >= 15 is 0 Å². The van der Waals surface area contributed by atoms with Crippen LogP contribution in [-0.2, 0) is 9.59 Å². The number of benzene rings is 2. The summed E-state index contributed by atoms with van der Waals surface area (Å²) in [4.78, 5) is 23.3. The normalized spacial score (nSPS) is 25.7. The number of hydrogen-bond donors (Lipinski definition) is 4. The van der Waals surface area contributed by atoms with Crippen LogP contribution in [0.15, 0.2) is 48.5 Å². The van der Waals surface area contributed by atoms with E-state index in [0.29, 0.717) is 11.1 Å². The van der Waals surface area contributed by atoms with Crippen molar-refractivity contribution < 1.29 is 30.0 Å². The predicted molar refractivity (Wildman–Crippen MR) is 83.9 cm³/mol. The molecule has 0 aromatic heterocycles. The van der Waals surface area contributed by atoms with Gasteiger partial charge in [-0.1, -0.05) is 24.3 Å². The number of rotatable bonds is 4. The summed E-state index contributed by atoms with van der Waals surface area (Å²) in [7, 11) is 0. The van der Waals surface area contributed by atoms with Crippen molar-refractivity contribution in [1.82, 2.24) is 0 Å². The lowest BCUT2D eigenvalue weighted by Crippen LogP contribution is -2.51. The Bertz CT molecular complexity index is 698. The van der Waals surface area contributed by atoms with Crippen molar-refractivity contribution in [2.24, 2.45) is 11.8 Å². The fourth-order valence-electron chi connectivity index (χ4n) is 3.58. The third-order valence-corrected chi connectivity index (χ3v) is 4.67. The molecule has 2 aromatic carbocycles. The maximum Gasteiger partial charge on any atom is 0.308 e. The van der Waals surface area contributed by atoms with Gasteiger partial charge in [0.15, 0.2) is 0 Å². The molecular formula is C18H16O6. The minimum Gasteiger partial charge on any atom is -0.508 e. The first-order valence-corrected chi connectivity index (χ1v) is 7.43. The fourth-order valence-corrected chi connectivity index (χ4v) is 3.58. The summed E-state index contributed by atoms with van der Waals surface area (Å²) in [6.45, 7) is 0. The van der Waals surface area contributed by atoms with Gasteiger partial charge in [0.05, 0.1) is 11.8 Å². The van der Waals surface area contributed by atoms with Gasteiger partial charge in [-0.3, -0.25) is 9.59 Å². The van der Waals surface area contributed by atoms with E-state index < -0.39 is 35.6 Å². The molecule has 0 aliphatic heterocycles. The van der Waals surface area contributed by atoms with Crippen LogP contribution in [0.2, 0.25) is 0 Å². The van der Waals surface area contributed by atoms with Crippen LogP contribution < -0.4 is 0 Å². The Hall–Kier alpha value is -3.02. The Labute approximate surface area is 137 Å². The molecule has 0 saturated heterocycles. The van der Waals surface area contributed by atoms with Crippen LogP contribution in [-0.4, -0.2) is 32.4 Å². The maximum atomic E-state index is 11.6. The van der Waals surface area contributed by atoms with Crippen molar-refractivity contribution >= 4 is 11.9 Å². The first kappa shape index (κ1) is 15.9. The zero-order valence-corrected chi connectivity index (χ0v) is 12.5. The summed E-state index contributed by atoms with van der Waals surface area (Å²) in [5, 5.41) is 37.8.